The van der Waals surface area contributed by atoms with Crippen molar-refractivity contribution >= 4 is 11.9 Å². The number of carbonyl (C=O) groups is 2. The van der Waals surface area contributed by atoms with Gasteiger partial charge in [-0.15, -0.1) is 0 Å². The maximum absolute atomic E-state index is 13.1. The molecule has 5 heteroatoms. The third kappa shape index (κ3) is 3.88. The third-order valence-corrected chi connectivity index (χ3v) is 6.16. The molecule has 3 rings (SSSR count). The molecule has 2 aliphatic rings. The highest BCUT2D eigenvalue weighted by molar-refractivity contribution is 6.07. The molecule has 148 valence electrons. The van der Waals surface area contributed by atoms with Crippen LogP contribution in [0.3, 0.4) is 0 Å². The second kappa shape index (κ2) is 7.27. The Morgan fingerprint density at radius 3 is 2.44 bits per heavy atom. The first-order valence-corrected chi connectivity index (χ1v) is 10.1. The maximum Gasteiger partial charge on any atom is 0.326 e. The summed E-state index contributed by atoms with van der Waals surface area (Å²) in [4.78, 5) is 29.0. The minimum Gasteiger partial charge on any atom is -0.323 e. The normalized spacial score (nSPS) is 26.1. The molecule has 1 spiro atoms. The monoisotopic (exact) mass is 371 g/mol. The van der Waals surface area contributed by atoms with Crippen LogP contribution in [-0.2, 0) is 16.8 Å². The molecule has 1 heterocycles. The van der Waals surface area contributed by atoms with Crippen LogP contribution >= 0.6 is 0 Å². The van der Waals surface area contributed by atoms with Gasteiger partial charge in [-0.1, -0.05) is 64.8 Å². The molecule has 5 nitrogen and oxygen atoms in total. The van der Waals surface area contributed by atoms with E-state index in [1.807, 2.05) is 11.9 Å². The lowest BCUT2D eigenvalue weighted by atomic mass is 9.73. The van der Waals surface area contributed by atoms with Crippen molar-refractivity contribution in [2.45, 2.75) is 70.9 Å². The summed E-state index contributed by atoms with van der Waals surface area (Å²) in [6, 6.07) is 8.34. The second-order valence-corrected chi connectivity index (χ2v) is 9.38. The zero-order valence-corrected chi connectivity index (χ0v) is 17.3. The van der Waals surface area contributed by atoms with Gasteiger partial charge in [0.25, 0.3) is 5.91 Å². The van der Waals surface area contributed by atoms with Crippen molar-refractivity contribution in [3.8, 4) is 0 Å². The topological polar surface area (TPSA) is 52.7 Å². The Balaban J connectivity index is 1.64. The summed E-state index contributed by atoms with van der Waals surface area (Å²) in [5, 5.41) is 3.02. The van der Waals surface area contributed by atoms with Crippen LogP contribution in [0, 0.1) is 5.92 Å². The highest BCUT2D eigenvalue weighted by Gasteiger charge is 2.54. The summed E-state index contributed by atoms with van der Waals surface area (Å²) in [5.41, 5.74) is 1.94. The van der Waals surface area contributed by atoms with E-state index in [-0.39, 0.29) is 23.3 Å². The molecule has 0 aromatic heterocycles. The first kappa shape index (κ1) is 19.9. The summed E-state index contributed by atoms with van der Waals surface area (Å²) in [6.45, 7) is 9.71. The van der Waals surface area contributed by atoms with E-state index in [1.165, 1.54) is 16.0 Å². The fourth-order valence-corrected chi connectivity index (χ4v) is 4.34. The van der Waals surface area contributed by atoms with E-state index in [0.29, 0.717) is 13.2 Å². The number of benzene rings is 1. The Hall–Kier alpha value is -1.88. The fourth-order valence-electron chi connectivity index (χ4n) is 4.34. The Morgan fingerprint density at radius 2 is 1.85 bits per heavy atom. The predicted molar refractivity (Wildman–Crippen MR) is 107 cm³/mol. The Bertz CT molecular complexity index is 707. The van der Waals surface area contributed by atoms with Crippen molar-refractivity contribution in [1.29, 1.82) is 0 Å². The zero-order chi connectivity index (χ0) is 19.8. The number of urea groups is 1. The van der Waals surface area contributed by atoms with Crippen molar-refractivity contribution in [3.05, 3.63) is 35.4 Å². The van der Waals surface area contributed by atoms with Crippen molar-refractivity contribution < 1.29 is 9.59 Å². The van der Waals surface area contributed by atoms with Crippen molar-refractivity contribution in [2.75, 3.05) is 13.7 Å². The van der Waals surface area contributed by atoms with E-state index in [9.17, 15) is 9.59 Å². The molecule has 2 atom stereocenters. The van der Waals surface area contributed by atoms with Gasteiger partial charge in [0.15, 0.2) is 0 Å². The van der Waals surface area contributed by atoms with Gasteiger partial charge in [-0.25, -0.2) is 9.69 Å². The van der Waals surface area contributed by atoms with Gasteiger partial charge >= 0.3 is 6.03 Å². The van der Waals surface area contributed by atoms with Gasteiger partial charge in [-0.3, -0.25) is 9.69 Å². The minimum atomic E-state index is -0.676. The SMILES string of the molecule is C[C@H]1CCCC[C@@]12NC(=O)N(CN(C)Cc1ccc(C(C)(C)C)cc1)C2=O. The number of amides is 3. The summed E-state index contributed by atoms with van der Waals surface area (Å²) in [6.07, 6.45) is 3.89. The summed E-state index contributed by atoms with van der Waals surface area (Å²) in [5.74, 6) is 0.151. The highest BCUT2D eigenvalue weighted by atomic mass is 16.2. The van der Waals surface area contributed by atoms with Gasteiger partial charge in [-0.2, -0.15) is 0 Å². The van der Waals surface area contributed by atoms with Crippen LogP contribution in [0.15, 0.2) is 24.3 Å². The largest absolute Gasteiger partial charge is 0.326 e. The van der Waals surface area contributed by atoms with Gasteiger partial charge in [-0.05, 0) is 42.3 Å². The molecule has 0 unspecified atom stereocenters. The first-order chi connectivity index (χ1) is 12.6. The van der Waals surface area contributed by atoms with Gasteiger partial charge in [0, 0.05) is 6.54 Å². The second-order valence-electron chi connectivity index (χ2n) is 9.38. The zero-order valence-electron chi connectivity index (χ0n) is 17.3. The van der Waals surface area contributed by atoms with Gasteiger partial charge in [0.2, 0.25) is 0 Å². The fraction of sp³-hybridized carbons (Fsp3) is 0.636. The summed E-state index contributed by atoms with van der Waals surface area (Å²) < 4.78 is 0. The van der Waals surface area contributed by atoms with Crippen LogP contribution in [-0.4, -0.2) is 41.0 Å². The van der Waals surface area contributed by atoms with Crippen LogP contribution in [0.5, 0.6) is 0 Å². The average molecular weight is 372 g/mol. The minimum absolute atomic E-state index is 0.0466. The third-order valence-electron chi connectivity index (χ3n) is 6.16. The number of imide groups is 1. The van der Waals surface area contributed by atoms with Crippen LogP contribution in [0.4, 0.5) is 4.79 Å². The van der Waals surface area contributed by atoms with E-state index in [1.54, 1.807) is 0 Å². The molecule has 0 bridgehead atoms. The van der Waals surface area contributed by atoms with E-state index in [0.717, 1.165) is 25.7 Å². The molecular formula is C22H33N3O2. The number of carbonyl (C=O) groups excluding carboxylic acids is 2. The number of hydrogen-bond donors (Lipinski definition) is 1. The lowest BCUT2D eigenvalue weighted by Crippen LogP contribution is -2.54. The molecule has 1 aromatic rings. The predicted octanol–water partition coefficient (Wildman–Crippen LogP) is 3.87. The Kier molecular flexibility index (Phi) is 5.35. The number of rotatable bonds is 4. The molecule has 1 saturated heterocycles. The standard InChI is InChI=1S/C22H33N3O2/c1-16-8-6-7-13-22(16)19(26)25(20(27)23-22)15-24(5)14-17-9-11-18(12-10-17)21(2,3)4/h9-12,16H,6-8,13-15H2,1-5H3,(H,23,27)/t16-,22+/m0/s1. The molecule has 1 aliphatic heterocycles. The summed E-state index contributed by atoms with van der Waals surface area (Å²) in [7, 11) is 1.95. The van der Waals surface area contributed by atoms with Gasteiger partial charge in [0.1, 0.15) is 5.54 Å². The molecule has 27 heavy (non-hydrogen) atoms. The molecule has 1 aliphatic carbocycles. The maximum atomic E-state index is 13.1. The lowest BCUT2D eigenvalue weighted by molar-refractivity contribution is -0.135. The van der Waals surface area contributed by atoms with E-state index in [4.69, 9.17) is 0 Å². The lowest BCUT2D eigenvalue weighted by Gasteiger charge is -2.37. The average Bonchev–Trinajstić information content (AvgIpc) is 2.82. The first-order valence-electron chi connectivity index (χ1n) is 10.1. The molecule has 1 N–H and O–H groups in total. The Labute approximate surface area is 163 Å². The van der Waals surface area contributed by atoms with Crippen LogP contribution in [0.2, 0.25) is 0 Å². The van der Waals surface area contributed by atoms with E-state index in [2.05, 4.69) is 57.3 Å². The molecular weight excluding hydrogens is 338 g/mol. The van der Waals surface area contributed by atoms with Gasteiger partial charge in [0.05, 0.1) is 6.67 Å². The molecule has 0 radical (unpaired) electrons. The molecule has 1 saturated carbocycles. The van der Waals surface area contributed by atoms with Crippen molar-refractivity contribution in [3.63, 3.8) is 0 Å². The number of nitrogens with zero attached hydrogens (tertiary/aromatic N) is 2. The van der Waals surface area contributed by atoms with Crippen molar-refractivity contribution in [2.24, 2.45) is 5.92 Å². The highest BCUT2D eigenvalue weighted by Crippen LogP contribution is 2.38. The molecule has 3 amide bonds. The van der Waals surface area contributed by atoms with E-state index < -0.39 is 5.54 Å². The molecule has 2 fully saturated rings. The van der Waals surface area contributed by atoms with Crippen LogP contribution < -0.4 is 5.32 Å². The Morgan fingerprint density at radius 1 is 1.19 bits per heavy atom. The van der Waals surface area contributed by atoms with E-state index >= 15 is 0 Å². The number of nitrogens with one attached hydrogen (secondary N) is 1. The van der Waals surface area contributed by atoms with Crippen LogP contribution in [0.25, 0.3) is 0 Å². The van der Waals surface area contributed by atoms with Crippen molar-refractivity contribution in [1.82, 2.24) is 15.1 Å². The van der Waals surface area contributed by atoms with Crippen LogP contribution in [0.1, 0.15) is 64.5 Å². The molecule has 1 aromatic carbocycles. The number of hydrogen-bond acceptors (Lipinski definition) is 3. The smallest absolute Gasteiger partial charge is 0.323 e. The summed E-state index contributed by atoms with van der Waals surface area (Å²) >= 11 is 0. The quantitative estimate of drug-likeness (QED) is 0.818. The van der Waals surface area contributed by atoms with Gasteiger partial charge < -0.3 is 5.32 Å².